The first-order chi connectivity index (χ1) is 45.4. The number of aliphatic imine (C=N–C) groups is 1. The van der Waals surface area contributed by atoms with Crippen molar-refractivity contribution in [3.8, 4) is 5.75 Å². The number of nitrogens with zero attached hydrogens (tertiary/aromatic N) is 1. The fourth-order valence-corrected chi connectivity index (χ4v) is 9.28. The van der Waals surface area contributed by atoms with Gasteiger partial charge in [-0.1, -0.05) is 46.2 Å². The number of rotatable bonds is 46. The van der Waals surface area contributed by atoms with Gasteiger partial charge in [0, 0.05) is 19.9 Å². The van der Waals surface area contributed by atoms with Crippen LogP contribution in [0.1, 0.15) is 124 Å². The van der Waals surface area contributed by atoms with Crippen LogP contribution in [0.3, 0.4) is 0 Å². The molecule has 0 saturated carbocycles. The average Bonchev–Trinajstić information content (AvgIpc) is 0.883. The van der Waals surface area contributed by atoms with Crippen molar-refractivity contribution in [2.24, 2.45) is 45.5 Å². The van der Waals surface area contributed by atoms with Gasteiger partial charge in [-0.3, -0.25) is 72.1 Å². The number of guanidine groups is 1. The van der Waals surface area contributed by atoms with Crippen molar-refractivity contribution in [1.29, 1.82) is 0 Å². The molecule has 0 aliphatic heterocycles. The highest BCUT2D eigenvalue weighted by molar-refractivity contribution is 7.98. The lowest BCUT2D eigenvalue weighted by molar-refractivity contribution is -0.142. The van der Waals surface area contributed by atoms with E-state index in [4.69, 9.17) is 38.6 Å². The minimum atomic E-state index is -1.98. The maximum absolute atomic E-state index is 14.2. The zero-order valence-electron chi connectivity index (χ0n) is 55.4. The molecule has 0 heterocycles. The Bertz CT molecular complexity index is 2840. The normalized spacial score (nSPS) is 14.5. The van der Waals surface area contributed by atoms with Gasteiger partial charge in [-0.15, -0.1) is 0 Å². The standard InChI is InChI=1S/C57H94N16O19S.C2H4O2/c1-7-29(4)45(72-53(88)40(26-44(80)81)71-55(90)46(30(5)74)73-47(82)33(59)24-31-13-15-32(75)16-14-31)54(89)68-35(17-18-43(78)79)50(85)67-36(19-22-93-6)51(86)70-39(25-41(60)76)52(87)66-34(12-10-21-63-57(61)62)49(84)69-38(23-28(2)3)48(83)64-27-42(77)65-37(56(91)92)11-8-9-20-58;1-2(3)4/h13-16,28-30,33-40,45-46,74-75H,7-12,17-27,58-59H2,1-6H3,(H2,60,76)(H,64,83)(H,65,77)(H,66,87)(H,67,85)(H,68,89)(H,69,84)(H,70,86)(H,71,90)(H,72,88)(H,73,82)(H,78,79)(H,80,81)(H,91,92)(H4,61,62,63);1H3,(H,3,4)/t29-,30+,33-,34-,35-,36-,37-,38-,39-,40-,45-,46-;/m0./s1. The zero-order valence-corrected chi connectivity index (χ0v) is 56.2. The van der Waals surface area contributed by atoms with E-state index in [1.807, 2.05) is 0 Å². The van der Waals surface area contributed by atoms with Crippen molar-refractivity contribution in [3.63, 3.8) is 0 Å². The minimum Gasteiger partial charge on any atom is -0.508 e. The maximum Gasteiger partial charge on any atom is 0.326 e. The van der Waals surface area contributed by atoms with Crippen LogP contribution in [0.4, 0.5) is 0 Å². The molecule has 0 saturated heterocycles. The first-order valence-electron chi connectivity index (χ1n) is 31.0. The van der Waals surface area contributed by atoms with E-state index in [1.165, 1.54) is 43.0 Å². The van der Waals surface area contributed by atoms with Gasteiger partial charge in [-0.05, 0) is 113 Å². The van der Waals surface area contributed by atoms with Crippen LogP contribution >= 0.6 is 11.8 Å². The molecule has 0 aliphatic rings. The zero-order chi connectivity index (χ0) is 74.2. The second-order valence-corrected chi connectivity index (χ2v) is 24.0. The number of aliphatic hydroxyl groups excluding tert-OH is 1. The van der Waals surface area contributed by atoms with E-state index in [1.54, 1.807) is 27.0 Å². The molecule has 0 bridgehead atoms. The summed E-state index contributed by atoms with van der Waals surface area (Å²) in [6.45, 7) is 8.26. The molecule has 37 nitrogen and oxygen atoms in total. The Kier molecular flexibility index (Phi) is 42.1. The summed E-state index contributed by atoms with van der Waals surface area (Å²) in [5, 5.41) is 80.2. The molecule has 1 rings (SSSR count). The molecule has 11 amide bonds. The Morgan fingerprint density at radius 2 is 1.03 bits per heavy atom. The van der Waals surface area contributed by atoms with Crippen LogP contribution in [0, 0.1) is 11.8 Å². The Morgan fingerprint density at radius 3 is 1.53 bits per heavy atom. The number of carbonyl (C=O) groups excluding carboxylic acids is 11. The summed E-state index contributed by atoms with van der Waals surface area (Å²) in [6, 6.07) is -10.5. The molecule has 0 unspecified atom stereocenters. The number of primary amides is 1. The van der Waals surface area contributed by atoms with Gasteiger partial charge in [0.15, 0.2) is 5.96 Å². The van der Waals surface area contributed by atoms with E-state index in [0.717, 1.165) is 13.8 Å². The number of hydrogen-bond donors (Lipinski definition) is 21. The fourth-order valence-electron chi connectivity index (χ4n) is 8.81. The fraction of sp³-hybridized carbons (Fsp3) is 0.627. The van der Waals surface area contributed by atoms with E-state index < -0.39 is 194 Å². The lowest BCUT2D eigenvalue weighted by Crippen LogP contribution is -2.62. The van der Waals surface area contributed by atoms with Crippen LogP contribution in [-0.2, 0) is 78.3 Å². The van der Waals surface area contributed by atoms with Crippen molar-refractivity contribution in [2.75, 3.05) is 31.6 Å². The second kappa shape index (κ2) is 46.6. The predicted molar refractivity (Wildman–Crippen MR) is 350 cm³/mol. The molecule has 38 heteroatoms. The number of benzene rings is 1. The third-order valence-corrected chi connectivity index (χ3v) is 14.7. The summed E-state index contributed by atoms with van der Waals surface area (Å²) >= 11 is 1.20. The van der Waals surface area contributed by atoms with Gasteiger partial charge in [0.2, 0.25) is 65.0 Å². The second-order valence-electron chi connectivity index (χ2n) is 23.0. The number of nitrogens with one attached hydrogen (secondary N) is 10. The van der Waals surface area contributed by atoms with Gasteiger partial charge in [-0.2, -0.15) is 11.8 Å². The molecular formula is C59H98N16O21S. The number of aliphatic hydroxyl groups is 1. The van der Waals surface area contributed by atoms with Crippen LogP contribution < -0.4 is 81.8 Å². The van der Waals surface area contributed by atoms with E-state index in [-0.39, 0.29) is 74.9 Å². The number of nitrogens with two attached hydrogens (primary N) is 5. The molecule has 97 heavy (non-hydrogen) atoms. The number of phenolic OH excluding ortho intramolecular Hbond substituents is 1. The third kappa shape index (κ3) is 37.5. The Labute approximate surface area is 564 Å². The lowest BCUT2D eigenvalue weighted by Gasteiger charge is -2.29. The predicted octanol–water partition coefficient (Wildman–Crippen LogP) is -5.46. The van der Waals surface area contributed by atoms with Crippen LogP contribution in [-0.4, -0.2) is 224 Å². The highest BCUT2D eigenvalue weighted by Gasteiger charge is 2.38. The Balaban J connectivity index is 0.0000224. The van der Waals surface area contributed by atoms with Crippen LogP contribution in [0.15, 0.2) is 29.3 Å². The summed E-state index contributed by atoms with van der Waals surface area (Å²) in [7, 11) is 0. The molecule has 1 aromatic rings. The molecule has 546 valence electrons. The summed E-state index contributed by atoms with van der Waals surface area (Å²) in [5.74, 6) is -18.3. The summed E-state index contributed by atoms with van der Waals surface area (Å²) in [4.78, 5) is 199. The summed E-state index contributed by atoms with van der Waals surface area (Å²) in [6.07, 6.45) is -2.81. The van der Waals surface area contributed by atoms with Gasteiger partial charge < -0.3 is 112 Å². The molecule has 26 N–H and O–H groups in total. The third-order valence-electron chi connectivity index (χ3n) is 14.1. The molecule has 0 radical (unpaired) electrons. The molecule has 0 aromatic heterocycles. The first kappa shape index (κ1) is 87.6. The quantitative estimate of drug-likeness (QED) is 0.0165. The molecule has 0 fully saturated rings. The van der Waals surface area contributed by atoms with E-state index in [9.17, 15) is 92.7 Å². The van der Waals surface area contributed by atoms with Gasteiger partial charge >= 0.3 is 17.9 Å². The van der Waals surface area contributed by atoms with Crippen molar-refractivity contribution in [2.45, 2.75) is 192 Å². The summed E-state index contributed by atoms with van der Waals surface area (Å²) < 4.78 is 0. The van der Waals surface area contributed by atoms with E-state index in [0.29, 0.717) is 24.9 Å². The number of carbonyl (C=O) groups is 15. The maximum atomic E-state index is 14.2. The van der Waals surface area contributed by atoms with E-state index in [2.05, 4.69) is 58.2 Å². The topological polar surface area (TPSA) is 640 Å². The Morgan fingerprint density at radius 1 is 0.557 bits per heavy atom. The van der Waals surface area contributed by atoms with Crippen molar-refractivity contribution < 1.29 is 103 Å². The largest absolute Gasteiger partial charge is 0.508 e. The van der Waals surface area contributed by atoms with Crippen LogP contribution in [0.5, 0.6) is 5.75 Å². The SMILES string of the molecule is CC(=O)O.CC[C@H](C)[C@H](NC(=O)[C@H](CC(=O)O)NC(=O)[C@@H](NC(=O)[C@@H](N)Cc1ccc(O)cc1)[C@@H](C)O)C(=O)N[C@@H](CCC(=O)O)C(=O)N[C@@H](CCSC)C(=O)N[C@@H](CC(N)=O)C(=O)N[C@@H](CCCN=C(N)N)C(=O)N[C@@H](CC(C)C)C(=O)NCC(=O)N[C@@H](CCCCN)C(=O)O. The highest BCUT2D eigenvalue weighted by atomic mass is 32.2. The molecule has 0 aliphatic carbocycles. The average molecular weight is 1400 g/mol. The van der Waals surface area contributed by atoms with Crippen molar-refractivity contribution in [1.82, 2.24) is 53.2 Å². The summed E-state index contributed by atoms with van der Waals surface area (Å²) in [5.41, 5.74) is 28.5. The van der Waals surface area contributed by atoms with Crippen molar-refractivity contribution in [3.05, 3.63) is 29.8 Å². The number of unbranched alkanes of at least 4 members (excludes halogenated alkanes) is 1. The molecule has 12 atom stereocenters. The molecule has 0 spiro atoms. The Hall–Kier alpha value is -9.43. The van der Waals surface area contributed by atoms with Gasteiger partial charge in [0.05, 0.1) is 31.5 Å². The number of thioether (sulfide) groups is 1. The number of hydrogen-bond acceptors (Lipinski definition) is 21. The van der Waals surface area contributed by atoms with E-state index >= 15 is 0 Å². The smallest absolute Gasteiger partial charge is 0.326 e. The minimum absolute atomic E-state index is 0.0139. The van der Waals surface area contributed by atoms with Crippen LogP contribution in [0.2, 0.25) is 0 Å². The first-order valence-corrected chi connectivity index (χ1v) is 32.4. The van der Waals surface area contributed by atoms with Gasteiger partial charge in [0.1, 0.15) is 60.1 Å². The number of carboxylic acids is 4. The van der Waals surface area contributed by atoms with Crippen LogP contribution in [0.25, 0.3) is 0 Å². The molecular weight excluding hydrogens is 1300 g/mol. The van der Waals surface area contributed by atoms with Crippen molar-refractivity contribution >= 4 is 107 Å². The van der Waals surface area contributed by atoms with Gasteiger partial charge in [0.25, 0.3) is 5.97 Å². The van der Waals surface area contributed by atoms with Gasteiger partial charge in [-0.25, -0.2) is 4.79 Å². The number of carboxylic acid groups (broad SMARTS) is 4. The monoisotopic (exact) mass is 1400 g/mol. The number of phenols is 1. The highest BCUT2D eigenvalue weighted by Crippen LogP contribution is 2.15. The number of aromatic hydroxyl groups is 1. The lowest BCUT2D eigenvalue weighted by atomic mass is 9.96. The number of aliphatic carboxylic acids is 4. The molecule has 1 aromatic carbocycles. The number of amides is 11.